The average Bonchev–Trinajstić information content (AvgIpc) is 2.48. The van der Waals surface area contributed by atoms with Gasteiger partial charge in [-0.3, -0.25) is 0 Å². The van der Waals surface area contributed by atoms with E-state index in [0.29, 0.717) is 19.8 Å². The van der Waals surface area contributed by atoms with Crippen molar-refractivity contribution < 1.29 is 14.6 Å². The molecule has 0 aliphatic rings. The van der Waals surface area contributed by atoms with E-state index in [4.69, 9.17) is 14.6 Å². The predicted molar refractivity (Wildman–Crippen MR) is 79.7 cm³/mol. The van der Waals surface area contributed by atoms with Crippen LogP contribution in [0.15, 0.2) is 48.5 Å². The largest absolute Gasteiger partial charge is 0.491 e. The van der Waals surface area contributed by atoms with Crippen molar-refractivity contribution in [2.75, 3.05) is 26.4 Å². The van der Waals surface area contributed by atoms with Gasteiger partial charge in [-0.1, -0.05) is 36.4 Å². The molecule has 0 atom stereocenters. The molecule has 0 aromatic heterocycles. The van der Waals surface area contributed by atoms with Gasteiger partial charge in [0.15, 0.2) is 0 Å². The summed E-state index contributed by atoms with van der Waals surface area (Å²) in [5.74, 6) is 0.804. The third-order valence-corrected chi connectivity index (χ3v) is 2.89. The number of aliphatic hydroxyl groups excluding tert-OH is 1. The van der Waals surface area contributed by atoms with Crippen molar-refractivity contribution in [1.29, 1.82) is 0 Å². The monoisotopic (exact) mass is 271 g/mol. The van der Waals surface area contributed by atoms with Gasteiger partial charge in [0.25, 0.3) is 0 Å². The zero-order valence-electron chi connectivity index (χ0n) is 11.4. The Bertz CT molecular complexity index is 537. The lowest BCUT2D eigenvalue weighted by Gasteiger charge is -2.10. The predicted octanol–water partition coefficient (Wildman–Crippen LogP) is 2.92. The van der Waals surface area contributed by atoms with Crippen molar-refractivity contribution in [3.63, 3.8) is 0 Å². The van der Waals surface area contributed by atoms with Gasteiger partial charge in [0.05, 0.1) is 19.8 Å². The van der Waals surface area contributed by atoms with Crippen LogP contribution in [-0.4, -0.2) is 31.5 Å². The van der Waals surface area contributed by atoms with Crippen LogP contribution in [0.1, 0.15) is 5.56 Å². The van der Waals surface area contributed by atoms with Crippen LogP contribution in [0.5, 0.6) is 5.75 Å². The van der Waals surface area contributed by atoms with E-state index < -0.39 is 0 Å². The van der Waals surface area contributed by atoms with Crippen molar-refractivity contribution in [2.45, 2.75) is 0 Å². The van der Waals surface area contributed by atoms with Crippen molar-refractivity contribution in [2.24, 2.45) is 0 Å². The standard InChI is InChI=1S/C17H19O3/c1-14-5-2-3-8-17(14)15-6-4-7-16(13-15)20-12-11-19-10-9-18/h2-8,13,18H,1,9-12H2. The molecule has 2 aromatic carbocycles. The molecule has 0 spiro atoms. The summed E-state index contributed by atoms with van der Waals surface area (Å²) in [4.78, 5) is 0. The highest BCUT2D eigenvalue weighted by atomic mass is 16.5. The van der Waals surface area contributed by atoms with Crippen molar-refractivity contribution in [3.05, 3.63) is 61.0 Å². The molecule has 0 aliphatic heterocycles. The van der Waals surface area contributed by atoms with Gasteiger partial charge in [0.1, 0.15) is 12.4 Å². The molecule has 0 saturated heterocycles. The minimum Gasteiger partial charge on any atom is -0.491 e. The Morgan fingerprint density at radius 1 is 0.950 bits per heavy atom. The second kappa shape index (κ2) is 7.68. The Balaban J connectivity index is 2.00. The molecule has 0 aliphatic carbocycles. The smallest absolute Gasteiger partial charge is 0.120 e. The van der Waals surface area contributed by atoms with Gasteiger partial charge in [-0.05, 0) is 35.7 Å². The van der Waals surface area contributed by atoms with Gasteiger partial charge in [-0.2, -0.15) is 0 Å². The zero-order chi connectivity index (χ0) is 14.2. The van der Waals surface area contributed by atoms with E-state index in [2.05, 4.69) is 6.92 Å². The fraction of sp³-hybridized carbons (Fsp3) is 0.235. The number of benzene rings is 2. The maximum atomic E-state index is 8.60. The van der Waals surface area contributed by atoms with E-state index in [1.165, 1.54) is 0 Å². The number of ether oxygens (including phenoxy) is 2. The van der Waals surface area contributed by atoms with Crippen LogP contribution in [0.4, 0.5) is 0 Å². The molecular weight excluding hydrogens is 252 g/mol. The van der Waals surface area contributed by atoms with E-state index in [0.717, 1.165) is 22.4 Å². The number of hydrogen-bond donors (Lipinski definition) is 1. The molecule has 0 heterocycles. The van der Waals surface area contributed by atoms with Crippen LogP contribution >= 0.6 is 0 Å². The molecule has 0 amide bonds. The second-order valence-corrected chi connectivity index (χ2v) is 4.37. The third-order valence-electron chi connectivity index (χ3n) is 2.89. The highest BCUT2D eigenvalue weighted by Gasteiger charge is 2.02. The lowest BCUT2D eigenvalue weighted by atomic mass is 10.0. The Hall–Kier alpha value is -1.84. The second-order valence-electron chi connectivity index (χ2n) is 4.37. The summed E-state index contributed by atoms with van der Waals surface area (Å²) < 4.78 is 10.8. The van der Waals surface area contributed by atoms with Crippen LogP contribution in [-0.2, 0) is 4.74 Å². The van der Waals surface area contributed by atoms with Crippen molar-refractivity contribution >= 4 is 0 Å². The summed E-state index contributed by atoms with van der Waals surface area (Å²) in [6.45, 7) is 5.36. The normalized spacial score (nSPS) is 10.5. The molecule has 20 heavy (non-hydrogen) atoms. The van der Waals surface area contributed by atoms with Crippen LogP contribution in [0.2, 0.25) is 0 Å². The van der Waals surface area contributed by atoms with Gasteiger partial charge in [0.2, 0.25) is 0 Å². The first-order valence-corrected chi connectivity index (χ1v) is 6.64. The van der Waals surface area contributed by atoms with Gasteiger partial charge in [-0.25, -0.2) is 0 Å². The molecule has 2 rings (SSSR count). The summed E-state index contributed by atoms with van der Waals surface area (Å²) in [6.07, 6.45) is 0. The Morgan fingerprint density at radius 3 is 2.60 bits per heavy atom. The molecule has 1 N–H and O–H groups in total. The van der Waals surface area contributed by atoms with Gasteiger partial charge < -0.3 is 14.6 Å². The first kappa shape index (κ1) is 14.6. The minimum absolute atomic E-state index is 0.0375. The Labute approximate surface area is 119 Å². The van der Waals surface area contributed by atoms with Crippen molar-refractivity contribution in [3.8, 4) is 16.9 Å². The highest BCUT2D eigenvalue weighted by molar-refractivity contribution is 5.69. The molecule has 2 aromatic rings. The van der Waals surface area contributed by atoms with Crippen LogP contribution in [0, 0.1) is 6.92 Å². The highest BCUT2D eigenvalue weighted by Crippen LogP contribution is 2.26. The summed E-state index contributed by atoms with van der Waals surface area (Å²) in [5, 5.41) is 8.60. The van der Waals surface area contributed by atoms with E-state index in [1.54, 1.807) is 0 Å². The lowest BCUT2D eigenvalue weighted by molar-refractivity contribution is 0.0705. The zero-order valence-corrected chi connectivity index (χ0v) is 11.4. The maximum Gasteiger partial charge on any atom is 0.120 e. The molecule has 0 bridgehead atoms. The van der Waals surface area contributed by atoms with Gasteiger partial charge >= 0.3 is 0 Å². The fourth-order valence-electron chi connectivity index (χ4n) is 1.94. The van der Waals surface area contributed by atoms with E-state index in [9.17, 15) is 0 Å². The topological polar surface area (TPSA) is 38.7 Å². The molecule has 0 unspecified atom stereocenters. The van der Waals surface area contributed by atoms with E-state index in [1.807, 2.05) is 48.5 Å². The molecule has 3 heteroatoms. The molecular formula is C17H19O3. The van der Waals surface area contributed by atoms with Crippen LogP contribution in [0.25, 0.3) is 11.1 Å². The number of hydrogen-bond acceptors (Lipinski definition) is 3. The summed E-state index contributed by atoms with van der Waals surface area (Å²) >= 11 is 0. The first-order valence-electron chi connectivity index (χ1n) is 6.64. The number of rotatable bonds is 7. The summed E-state index contributed by atoms with van der Waals surface area (Å²) in [7, 11) is 0. The first-order chi connectivity index (χ1) is 9.81. The number of aliphatic hydroxyl groups is 1. The Morgan fingerprint density at radius 2 is 1.80 bits per heavy atom. The van der Waals surface area contributed by atoms with Crippen molar-refractivity contribution in [1.82, 2.24) is 0 Å². The molecule has 105 valence electrons. The fourth-order valence-corrected chi connectivity index (χ4v) is 1.94. The van der Waals surface area contributed by atoms with E-state index in [-0.39, 0.29) is 6.61 Å². The van der Waals surface area contributed by atoms with Gasteiger partial charge in [-0.15, -0.1) is 0 Å². The lowest BCUT2D eigenvalue weighted by Crippen LogP contribution is -2.09. The molecule has 3 nitrogen and oxygen atoms in total. The quantitative estimate of drug-likeness (QED) is 0.787. The molecule has 0 saturated carbocycles. The maximum absolute atomic E-state index is 8.60. The van der Waals surface area contributed by atoms with Crippen LogP contribution in [0.3, 0.4) is 0 Å². The molecule has 0 fully saturated rings. The van der Waals surface area contributed by atoms with Gasteiger partial charge in [0, 0.05) is 0 Å². The SMILES string of the molecule is [CH2]c1ccccc1-c1cccc(OCCOCCO)c1. The minimum atomic E-state index is 0.0375. The summed E-state index contributed by atoms with van der Waals surface area (Å²) in [6, 6.07) is 15.9. The van der Waals surface area contributed by atoms with Crippen LogP contribution < -0.4 is 4.74 Å². The summed E-state index contributed by atoms with van der Waals surface area (Å²) in [5.41, 5.74) is 3.19. The average molecular weight is 271 g/mol. The Kier molecular flexibility index (Phi) is 5.59. The van der Waals surface area contributed by atoms with E-state index >= 15 is 0 Å². The third kappa shape index (κ3) is 4.08. The molecule has 1 radical (unpaired) electrons.